The van der Waals surface area contributed by atoms with Crippen molar-refractivity contribution >= 4 is 17.5 Å². The van der Waals surface area contributed by atoms with Gasteiger partial charge in [0.25, 0.3) is 0 Å². The smallest absolute Gasteiger partial charge is 0.249 e. The number of amides is 1. The van der Waals surface area contributed by atoms with Crippen molar-refractivity contribution < 1.29 is 9.53 Å². The van der Waals surface area contributed by atoms with E-state index in [0.717, 1.165) is 37.3 Å². The van der Waals surface area contributed by atoms with Gasteiger partial charge in [-0.15, -0.1) is 0 Å². The number of hydrogen-bond donors (Lipinski definition) is 0. The summed E-state index contributed by atoms with van der Waals surface area (Å²) in [4.78, 5) is 14.3. The van der Waals surface area contributed by atoms with E-state index in [1.54, 1.807) is 4.68 Å². The van der Waals surface area contributed by atoms with E-state index >= 15 is 0 Å². The van der Waals surface area contributed by atoms with Gasteiger partial charge in [-0.2, -0.15) is 5.10 Å². The van der Waals surface area contributed by atoms with Crippen molar-refractivity contribution in [2.24, 2.45) is 13.0 Å². The Labute approximate surface area is 130 Å². The van der Waals surface area contributed by atoms with Gasteiger partial charge < -0.3 is 9.64 Å². The summed E-state index contributed by atoms with van der Waals surface area (Å²) in [5.74, 6) is 0.750. The van der Waals surface area contributed by atoms with Crippen molar-refractivity contribution in [2.45, 2.75) is 38.6 Å². The molecule has 0 unspecified atom stereocenters. The fourth-order valence-electron chi connectivity index (χ4n) is 3.07. The molecule has 1 saturated heterocycles. The summed E-state index contributed by atoms with van der Waals surface area (Å²) in [6.07, 6.45) is 4.43. The van der Waals surface area contributed by atoms with Crippen LogP contribution in [0.4, 0.5) is 0 Å². The van der Waals surface area contributed by atoms with Gasteiger partial charge in [-0.1, -0.05) is 11.6 Å². The van der Waals surface area contributed by atoms with E-state index in [0.29, 0.717) is 11.1 Å². The Morgan fingerprint density at radius 2 is 2.19 bits per heavy atom. The van der Waals surface area contributed by atoms with Gasteiger partial charge in [0.15, 0.2) is 0 Å². The number of halogens is 1. The molecular formula is C15H22ClN3O2. The van der Waals surface area contributed by atoms with E-state index in [2.05, 4.69) is 5.10 Å². The van der Waals surface area contributed by atoms with Crippen LogP contribution in [0.25, 0.3) is 0 Å². The Bertz CT molecular complexity index is 539. The van der Waals surface area contributed by atoms with Gasteiger partial charge in [-0.3, -0.25) is 9.48 Å². The molecule has 2 aliphatic rings. The molecule has 116 valence electrons. The van der Waals surface area contributed by atoms with Crippen LogP contribution in [0.1, 0.15) is 43.0 Å². The molecule has 6 heteroatoms. The summed E-state index contributed by atoms with van der Waals surface area (Å²) >= 11 is 6.35. The Morgan fingerprint density at radius 3 is 2.81 bits per heavy atom. The van der Waals surface area contributed by atoms with Crippen LogP contribution in [0.3, 0.4) is 0 Å². The minimum absolute atomic E-state index is 0.0447. The van der Waals surface area contributed by atoms with E-state index in [1.165, 1.54) is 12.8 Å². The second kappa shape index (κ2) is 5.97. The van der Waals surface area contributed by atoms with Crippen LogP contribution < -0.4 is 0 Å². The summed E-state index contributed by atoms with van der Waals surface area (Å²) < 4.78 is 7.21. The number of aromatic nitrogens is 2. The lowest BCUT2D eigenvalue weighted by molar-refractivity contribution is -0.137. The quantitative estimate of drug-likeness (QED) is 0.839. The molecule has 21 heavy (non-hydrogen) atoms. The molecule has 3 rings (SSSR count). The van der Waals surface area contributed by atoms with E-state index < -0.39 is 0 Å². The first-order valence-corrected chi connectivity index (χ1v) is 8.02. The van der Waals surface area contributed by atoms with Crippen LogP contribution in [-0.4, -0.2) is 40.3 Å². The summed E-state index contributed by atoms with van der Waals surface area (Å²) in [6.45, 7) is 3.63. The van der Waals surface area contributed by atoms with Crippen LogP contribution in [0.15, 0.2) is 0 Å². The molecule has 1 aliphatic carbocycles. The molecule has 1 saturated carbocycles. The molecule has 1 aromatic rings. The average Bonchev–Trinajstić information content (AvgIpc) is 3.07. The topological polar surface area (TPSA) is 47.4 Å². The van der Waals surface area contributed by atoms with Gasteiger partial charge >= 0.3 is 0 Å². The van der Waals surface area contributed by atoms with Gasteiger partial charge in [0, 0.05) is 19.2 Å². The third-order valence-electron chi connectivity index (χ3n) is 4.38. The van der Waals surface area contributed by atoms with Gasteiger partial charge in [0.2, 0.25) is 5.91 Å². The van der Waals surface area contributed by atoms with Crippen LogP contribution >= 0.6 is 11.6 Å². The molecule has 0 aromatic carbocycles. The van der Waals surface area contributed by atoms with Gasteiger partial charge in [0.05, 0.1) is 18.3 Å². The lowest BCUT2D eigenvalue weighted by atomic mass is 10.1. The molecule has 2 fully saturated rings. The highest BCUT2D eigenvalue weighted by Crippen LogP contribution is 2.37. The van der Waals surface area contributed by atoms with Crippen LogP contribution in [-0.2, 0) is 16.6 Å². The maximum Gasteiger partial charge on any atom is 0.249 e. The highest BCUT2D eigenvalue weighted by molar-refractivity contribution is 6.30. The van der Waals surface area contributed by atoms with Crippen molar-refractivity contribution in [3.8, 4) is 0 Å². The molecule has 1 amide bonds. The number of nitrogens with zero attached hydrogens (tertiary/aromatic N) is 3. The molecule has 5 nitrogen and oxygen atoms in total. The van der Waals surface area contributed by atoms with Crippen molar-refractivity contribution in [3.63, 3.8) is 0 Å². The molecule has 1 atom stereocenters. The van der Waals surface area contributed by atoms with E-state index in [4.69, 9.17) is 16.3 Å². The predicted molar refractivity (Wildman–Crippen MR) is 80.2 cm³/mol. The van der Waals surface area contributed by atoms with Gasteiger partial charge in [-0.25, -0.2) is 0 Å². The van der Waals surface area contributed by atoms with Crippen molar-refractivity contribution in [3.05, 3.63) is 16.4 Å². The third-order valence-corrected chi connectivity index (χ3v) is 4.83. The zero-order valence-electron chi connectivity index (χ0n) is 12.6. The molecule has 0 spiro atoms. The second-order valence-corrected chi connectivity index (χ2v) is 6.48. The minimum atomic E-state index is 0.0447. The largest absolute Gasteiger partial charge is 0.371 e. The van der Waals surface area contributed by atoms with Gasteiger partial charge in [-0.05, 0) is 38.5 Å². The highest BCUT2D eigenvalue weighted by atomic mass is 35.5. The Hall–Kier alpha value is -1.07. The summed E-state index contributed by atoms with van der Waals surface area (Å²) in [7, 11) is 1.83. The van der Waals surface area contributed by atoms with Crippen molar-refractivity contribution in [1.82, 2.24) is 14.7 Å². The average molecular weight is 312 g/mol. The molecule has 0 N–H and O–H groups in total. The summed E-state index contributed by atoms with van der Waals surface area (Å²) in [5, 5.41) is 4.99. The minimum Gasteiger partial charge on any atom is -0.371 e. The number of aryl methyl sites for hydroxylation is 2. The molecule has 2 heterocycles. The zero-order chi connectivity index (χ0) is 15.0. The van der Waals surface area contributed by atoms with E-state index in [-0.39, 0.29) is 18.6 Å². The standard InChI is InChI=1S/C15H22ClN3O2/c1-10-14(15(16)18(2)17-10)12-4-3-7-19(12)13(20)9-21-8-11-5-6-11/h11-12H,3-9H2,1-2H3/t12-/m0/s1. The SMILES string of the molecule is Cc1nn(C)c(Cl)c1[C@@H]1CCCN1C(=O)COCC1CC1. The van der Waals surface area contributed by atoms with Gasteiger partial charge in [0.1, 0.15) is 11.8 Å². The summed E-state index contributed by atoms with van der Waals surface area (Å²) in [6, 6.07) is 0.0447. The third kappa shape index (κ3) is 3.09. The van der Waals surface area contributed by atoms with Crippen molar-refractivity contribution in [2.75, 3.05) is 19.8 Å². The molecule has 0 bridgehead atoms. The molecule has 1 aromatic heterocycles. The molecular weight excluding hydrogens is 290 g/mol. The molecule has 1 aliphatic heterocycles. The first kappa shape index (κ1) is 14.9. The number of carbonyl (C=O) groups is 1. The van der Waals surface area contributed by atoms with E-state index in [9.17, 15) is 4.79 Å². The Balaban J connectivity index is 1.67. The fraction of sp³-hybridized carbons (Fsp3) is 0.733. The summed E-state index contributed by atoms with van der Waals surface area (Å²) in [5.41, 5.74) is 1.90. The predicted octanol–water partition coefficient (Wildman–Crippen LogP) is 2.47. The highest BCUT2D eigenvalue weighted by Gasteiger charge is 2.34. The number of likely N-dealkylation sites (tertiary alicyclic amines) is 1. The lowest BCUT2D eigenvalue weighted by Gasteiger charge is -2.25. The normalized spacial score (nSPS) is 22.0. The second-order valence-electron chi connectivity index (χ2n) is 6.12. The first-order chi connectivity index (χ1) is 10.1. The van der Waals surface area contributed by atoms with Crippen LogP contribution in [0, 0.1) is 12.8 Å². The zero-order valence-corrected chi connectivity index (χ0v) is 13.4. The maximum absolute atomic E-state index is 12.4. The lowest BCUT2D eigenvalue weighted by Crippen LogP contribution is -2.34. The van der Waals surface area contributed by atoms with E-state index in [1.807, 2.05) is 18.9 Å². The first-order valence-electron chi connectivity index (χ1n) is 7.64. The Morgan fingerprint density at radius 1 is 1.43 bits per heavy atom. The van der Waals surface area contributed by atoms with Crippen molar-refractivity contribution in [1.29, 1.82) is 0 Å². The number of hydrogen-bond acceptors (Lipinski definition) is 3. The maximum atomic E-state index is 12.4. The monoisotopic (exact) mass is 311 g/mol. The van der Waals surface area contributed by atoms with Crippen LogP contribution in [0.2, 0.25) is 5.15 Å². The number of ether oxygens (including phenoxy) is 1. The number of carbonyl (C=O) groups excluding carboxylic acids is 1. The fourth-order valence-corrected chi connectivity index (χ4v) is 3.37. The van der Waals surface area contributed by atoms with Crippen LogP contribution in [0.5, 0.6) is 0 Å². The molecule has 0 radical (unpaired) electrons. The Kier molecular flexibility index (Phi) is 4.22. The number of rotatable bonds is 5.